The molecule has 22 heavy (non-hydrogen) atoms. The van der Waals surface area contributed by atoms with Crippen LogP contribution in [0.3, 0.4) is 0 Å². The first-order valence-corrected chi connectivity index (χ1v) is 9.87. The summed E-state index contributed by atoms with van der Waals surface area (Å²) < 4.78 is -0.229. The van der Waals surface area contributed by atoms with E-state index in [9.17, 15) is 9.59 Å². The molecule has 0 rings (SSSR count). The highest BCUT2D eigenvalue weighted by atomic mass is 127. The van der Waals surface area contributed by atoms with Crippen molar-refractivity contribution >= 4 is 34.5 Å². The number of rotatable bonds is 16. The van der Waals surface area contributed by atoms with Crippen molar-refractivity contribution in [3.05, 3.63) is 0 Å². The maximum atomic E-state index is 10.6. The number of hydrogen-bond acceptors (Lipinski definition) is 2. The molecule has 0 amide bonds. The van der Waals surface area contributed by atoms with Gasteiger partial charge in [-0.05, 0) is 12.8 Å². The van der Waals surface area contributed by atoms with Gasteiger partial charge in [0.2, 0.25) is 0 Å². The quantitative estimate of drug-likeness (QED) is 0.196. The molecule has 0 fully saturated rings. The summed E-state index contributed by atoms with van der Waals surface area (Å²) in [7, 11) is 0. The molecule has 0 aromatic heterocycles. The van der Waals surface area contributed by atoms with Crippen LogP contribution in [0.1, 0.15) is 89.9 Å². The zero-order valence-electron chi connectivity index (χ0n) is 13.6. The van der Waals surface area contributed by atoms with Gasteiger partial charge in [0.1, 0.15) is 3.92 Å². The molecule has 4 nitrogen and oxygen atoms in total. The monoisotopic (exact) mass is 426 g/mol. The van der Waals surface area contributed by atoms with Crippen molar-refractivity contribution in [1.82, 2.24) is 0 Å². The van der Waals surface area contributed by atoms with Crippen molar-refractivity contribution in [2.24, 2.45) is 0 Å². The number of unbranched alkanes of at least 4 members (excludes halogenated alkanes) is 11. The average Bonchev–Trinajstić information content (AvgIpc) is 2.46. The van der Waals surface area contributed by atoms with Crippen LogP contribution in [-0.4, -0.2) is 26.1 Å². The Labute approximate surface area is 148 Å². The highest BCUT2D eigenvalue weighted by molar-refractivity contribution is 14.1. The van der Waals surface area contributed by atoms with Gasteiger partial charge in [0.15, 0.2) is 0 Å². The topological polar surface area (TPSA) is 74.6 Å². The van der Waals surface area contributed by atoms with E-state index >= 15 is 0 Å². The van der Waals surface area contributed by atoms with Gasteiger partial charge in [0, 0.05) is 6.42 Å². The Bertz CT molecular complexity index is 294. The molecular formula is C17H31IO4. The first kappa shape index (κ1) is 21.7. The zero-order valence-corrected chi connectivity index (χ0v) is 15.7. The van der Waals surface area contributed by atoms with Gasteiger partial charge in [-0.3, -0.25) is 9.59 Å². The summed E-state index contributed by atoms with van der Waals surface area (Å²) in [5.74, 6) is -1.37. The predicted molar refractivity (Wildman–Crippen MR) is 97.7 cm³/mol. The summed E-state index contributed by atoms with van der Waals surface area (Å²) in [5, 5.41) is 17.3. The van der Waals surface area contributed by atoms with E-state index in [0.717, 1.165) is 38.5 Å². The van der Waals surface area contributed by atoms with Crippen LogP contribution in [0, 0.1) is 0 Å². The number of alkyl halides is 1. The van der Waals surface area contributed by atoms with Gasteiger partial charge in [0.25, 0.3) is 0 Å². The highest BCUT2D eigenvalue weighted by Gasteiger charge is 2.11. The van der Waals surface area contributed by atoms with E-state index < -0.39 is 11.9 Å². The molecule has 0 aliphatic carbocycles. The van der Waals surface area contributed by atoms with Crippen molar-refractivity contribution in [3.8, 4) is 0 Å². The lowest BCUT2D eigenvalue weighted by Crippen LogP contribution is -2.11. The Morgan fingerprint density at radius 1 is 0.682 bits per heavy atom. The fourth-order valence-electron chi connectivity index (χ4n) is 2.49. The largest absolute Gasteiger partial charge is 0.481 e. The van der Waals surface area contributed by atoms with E-state index in [1.807, 2.05) is 22.6 Å². The lowest BCUT2D eigenvalue weighted by molar-refractivity contribution is -0.137. The Hall–Kier alpha value is -0.330. The van der Waals surface area contributed by atoms with E-state index in [-0.39, 0.29) is 3.92 Å². The van der Waals surface area contributed by atoms with Gasteiger partial charge in [-0.15, -0.1) is 0 Å². The van der Waals surface area contributed by atoms with Gasteiger partial charge >= 0.3 is 11.9 Å². The number of hydrogen-bond donors (Lipinski definition) is 2. The van der Waals surface area contributed by atoms with E-state index in [0.29, 0.717) is 6.42 Å². The average molecular weight is 426 g/mol. The standard InChI is InChI=1S/C17H31IO4/c18-15(17(21)22)13-11-9-7-5-3-1-2-4-6-8-10-12-14-16(19)20/h15H,1-14H2,(H,19,20)(H,21,22). The second-order valence-electron chi connectivity index (χ2n) is 5.98. The van der Waals surface area contributed by atoms with Gasteiger partial charge in [-0.1, -0.05) is 93.2 Å². The van der Waals surface area contributed by atoms with Gasteiger partial charge < -0.3 is 10.2 Å². The van der Waals surface area contributed by atoms with Crippen LogP contribution in [0.4, 0.5) is 0 Å². The van der Waals surface area contributed by atoms with Crippen LogP contribution < -0.4 is 0 Å². The van der Waals surface area contributed by atoms with Crippen molar-refractivity contribution < 1.29 is 19.8 Å². The number of carboxylic acids is 2. The molecule has 0 saturated carbocycles. The molecule has 2 N–H and O–H groups in total. The zero-order chi connectivity index (χ0) is 16.6. The minimum atomic E-state index is -0.691. The van der Waals surface area contributed by atoms with E-state index in [4.69, 9.17) is 10.2 Å². The fourth-order valence-corrected chi connectivity index (χ4v) is 2.93. The molecule has 1 atom stereocenters. The van der Waals surface area contributed by atoms with Crippen LogP contribution in [0.15, 0.2) is 0 Å². The summed E-state index contributed by atoms with van der Waals surface area (Å²) in [6, 6.07) is 0. The number of carboxylic acid groups (broad SMARTS) is 2. The Kier molecular flexibility index (Phi) is 15.3. The minimum absolute atomic E-state index is 0.229. The van der Waals surface area contributed by atoms with Gasteiger partial charge in [-0.2, -0.15) is 0 Å². The molecule has 0 saturated heterocycles. The SMILES string of the molecule is O=C(O)CCCCCCCCCCCCCCC(I)C(=O)O. The normalized spacial score (nSPS) is 12.2. The first-order valence-electron chi connectivity index (χ1n) is 8.62. The Balaban J connectivity index is 3.08. The molecule has 0 aromatic carbocycles. The number of carbonyl (C=O) groups is 2. The maximum Gasteiger partial charge on any atom is 0.316 e. The third-order valence-corrected chi connectivity index (χ3v) is 5.02. The van der Waals surface area contributed by atoms with Crippen LogP contribution in [0.25, 0.3) is 0 Å². The van der Waals surface area contributed by atoms with Crippen LogP contribution in [-0.2, 0) is 9.59 Å². The molecule has 0 aliphatic rings. The van der Waals surface area contributed by atoms with Crippen molar-refractivity contribution in [2.75, 3.05) is 0 Å². The first-order chi connectivity index (χ1) is 10.5. The van der Waals surface area contributed by atoms with E-state index in [1.165, 1.54) is 44.9 Å². The summed E-state index contributed by atoms with van der Waals surface area (Å²) >= 11 is 2.00. The number of halogens is 1. The van der Waals surface area contributed by atoms with Gasteiger partial charge in [0.05, 0.1) is 0 Å². The second-order valence-corrected chi connectivity index (χ2v) is 7.48. The van der Waals surface area contributed by atoms with Crippen molar-refractivity contribution in [1.29, 1.82) is 0 Å². The van der Waals surface area contributed by atoms with E-state index in [1.54, 1.807) is 0 Å². The summed E-state index contributed by atoms with van der Waals surface area (Å²) in [5.41, 5.74) is 0. The Morgan fingerprint density at radius 3 is 1.41 bits per heavy atom. The van der Waals surface area contributed by atoms with Crippen LogP contribution in [0.2, 0.25) is 0 Å². The highest BCUT2D eigenvalue weighted by Crippen LogP contribution is 2.15. The molecule has 0 bridgehead atoms. The third kappa shape index (κ3) is 16.0. The number of aliphatic carboxylic acids is 2. The van der Waals surface area contributed by atoms with Crippen LogP contribution >= 0.6 is 22.6 Å². The minimum Gasteiger partial charge on any atom is -0.481 e. The third-order valence-electron chi connectivity index (χ3n) is 3.87. The molecule has 0 spiro atoms. The molecule has 5 heteroatoms. The lowest BCUT2D eigenvalue weighted by Gasteiger charge is -2.05. The summed E-state index contributed by atoms with van der Waals surface area (Å²) in [6.45, 7) is 0. The summed E-state index contributed by atoms with van der Waals surface area (Å²) in [4.78, 5) is 21.0. The Morgan fingerprint density at radius 2 is 1.05 bits per heavy atom. The molecule has 0 aromatic rings. The molecule has 130 valence electrons. The molecule has 0 heterocycles. The second kappa shape index (κ2) is 15.6. The fraction of sp³-hybridized carbons (Fsp3) is 0.882. The lowest BCUT2D eigenvalue weighted by atomic mass is 10.0. The van der Waals surface area contributed by atoms with E-state index in [2.05, 4.69) is 0 Å². The smallest absolute Gasteiger partial charge is 0.316 e. The summed E-state index contributed by atoms with van der Waals surface area (Å²) in [6.07, 6.45) is 15.1. The van der Waals surface area contributed by atoms with Crippen molar-refractivity contribution in [3.63, 3.8) is 0 Å². The van der Waals surface area contributed by atoms with Crippen molar-refractivity contribution in [2.45, 2.75) is 93.8 Å². The van der Waals surface area contributed by atoms with Crippen LogP contribution in [0.5, 0.6) is 0 Å². The molecular weight excluding hydrogens is 395 g/mol. The molecule has 0 radical (unpaired) electrons. The maximum absolute atomic E-state index is 10.6. The van der Waals surface area contributed by atoms with Gasteiger partial charge in [-0.25, -0.2) is 0 Å². The molecule has 1 unspecified atom stereocenters. The predicted octanol–water partition coefficient (Wildman–Crippen LogP) is 5.42. The molecule has 0 aliphatic heterocycles.